The highest BCUT2D eigenvalue weighted by Gasteiger charge is 2.27. The predicted octanol–water partition coefficient (Wildman–Crippen LogP) is 2.72. The summed E-state index contributed by atoms with van der Waals surface area (Å²) >= 11 is 1.28. The first-order valence-electron chi connectivity index (χ1n) is 6.94. The maximum Gasteiger partial charge on any atom is 0.111 e. The molecule has 2 aromatic rings. The molecule has 0 saturated heterocycles. The molecule has 1 unspecified atom stereocenters. The van der Waals surface area contributed by atoms with Crippen molar-refractivity contribution in [2.75, 3.05) is 0 Å². The summed E-state index contributed by atoms with van der Waals surface area (Å²) in [5.41, 5.74) is 0.769. The molecule has 2 aromatic heterocycles. The summed E-state index contributed by atoms with van der Waals surface area (Å²) in [5.74, 6) is 0.910. The third-order valence-electron chi connectivity index (χ3n) is 3.17. The molecular weight excluding hydrogens is 272 g/mol. The van der Waals surface area contributed by atoms with Gasteiger partial charge in [0.1, 0.15) is 5.82 Å². The van der Waals surface area contributed by atoms with Crippen LogP contribution in [0.3, 0.4) is 0 Å². The van der Waals surface area contributed by atoms with E-state index < -0.39 is 6.10 Å². The van der Waals surface area contributed by atoms with Crippen LogP contribution in [-0.2, 0) is 18.4 Å². The lowest BCUT2D eigenvalue weighted by molar-refractivity contribution is 0.175. The van der Waals surface area contributed by atoms with Crippen LogP contribution >= 0.6 is 11.5 Å². The quantitative estimate of drug-likeness (QED) is 0.921. The monoisotopic (exact) mass is 294 g/mol. The molecule has 5 nitrogen and oxygen atoms in total. The number of imidazole rings is 1. The SMILES string of the molecule is CCCn1ccnc1CC(O)c1snnc1C(C)(C)C. The largest absolute Gasteiger partial charge is 0.387 e. The molecule has 0 fully saturated rings. The number of nitrogens with zero attached hydrogens (tertiary/aromatic N) is 4. The highest BCUT2D eigenvalue weighted by Crippen LogP contribution is 2.31. The van der Waals surface area contributed by atoms with Gasteiger partial charge in [0.05, 0.1) is 16.7 Å². The first-order chi connectivity index (χ1) is 9.43. The molecule has 0 aliphatic rings. The Kier molecular flexibility index (Phi) is 4.55. The fraction of sp³-hybridized carbons (Fsp3) is 0.643. The van der Waals surface area contributed by atoms with Crippen molar-refractivity contribution in [3.63, 3.8) is 0 Å². The van der Waals surface area contributed by atoms with Gasteiger partial charge in [-0.3, -0.25) is 0 Å². The molecule has 1 N–H and O–H groups in total. The summed E-state index contributed by atoms with van der Waals surface area (Å²) < 4.78 is 6.09. The van der Waals surface area contributed by atoms with Crippen molar-refractivity contribution in [2.24, 2.45) is 0 Å². The second-order valence-corrected chi connectivity index (χ2v) is 6.78. The van der Waals surface area contributed by atoms with Gasteiger partial charge in [0.2, 0.25) is 0 Å². The molecule has 2 rings (SSSR count). The van der Waals surface area contributed by atoms with Crippen LogP contribution in [0.2, 0.25) is 0 Å². The van der Waals surface area contributed by atoms with Gasteiger partial charge in [-0.15, -0.1) is 5.10 Å². The summed E-state index contributed by atoms with van der Waals surface area (Å²) in [6, 6.07) is 0. The number of hydrogen-bond donors (Lipinski definition) is 1. The van der Waals surface area contributed by atoms with Crippen molar-refractivity contribution >= 4 is 11.5 Å². The molecule has 110 valence electrons. The molecule has 0 aliphatic carbocycles. The summed E-state index contributed by atoms with van der Waals surface area (Å²) in [6.07, 6.45) is 4.70. The molecule has 0 aromatic carbocycles. The Morgan fingerprint density at radius 1 is 1.40 bits per heavy atom. The number of aromatic nitrogens is 4. The van der Waals surface area contributed by atoms with Gasteiger partial charge in [0.25, 0.3) is 0 Å². The second kappa shape index (κ2) is 6.01. The van der Waals surface area contributed by atoms with E-state index in [1.807, 2.05) is 6.20 Å². The molecule has 0 amide bonds. The van der Waals surface area contributed by atoms with Crippen LogP contribution < -0.4 is 0 Å². The maximum absolute atomic E-state index is 10.5. The van der Waals surface area contributed by atoms with E-state index in [9.17, 15) is 5.11 Å². The van der Waals surface area contributed by atoms with Crippen molar-refractivity contribution in [1.82, 2.24) is 19.1 Å². The molecule has 20 heavy (non-hydrogen) atoms. The third-order valence-corrected chi connectivity index (χ3v) is 3.99. The van der Waals surface area contributed by atoms with Gasteiger partial charge in [-0.25, -0.2) is 4.98 Å². The van der Waals surface area contributed by atoms with Gasteiger partial charge in [0, 0.05) is 30.8 Å². The molecule has 0 aliphatic heterocycles. The van der Waals surface area contributed by atoms with Gasteiger partial charge in [-0.05, 0) is 18.0 Å². The molecule has 0 saturated carbocycles. The topological polar surface area (TPSA) is 63.8 Å². The smallest absolute Gasteiger partial charge is 0.111 e. The van der Waals surface area contributed by atoms with E-state index in [4.69, 9.17) is 0 Å². The van der Waals surface area contributed by atoms with Crippen molar-refractivity contribution in [2.45, 2.75) is 58.6 Å². The van der Waals surface area contributed by atoms with Gasteiger partial charge in [0.15, 0.2) is 0 Å². The second-order valence-electron chi connectivity index (χ2n) is 5.99. The van der Waals surface area contributed by atoms with Crippen molar-refractivity contribution in [3.8, 4) is 0 Å². The van der Waals surface area contributed by atoms with E-state index >= 15 is 0 Å². The number of rotatable bonds is 5. The molecule has 0 radical (unpaired) electrons. The standard InChI is InChI=1S/C14H22N4OS/c1-5-7-18-8-6-15-11(18)9-10(19)12-13(14(2,3)4)16-17-20-12/h6,8,10,19H,5,7,9H2,1-4H3. The summed E-state index contributed by atoms with van der Waals surface area (Å²) in [4.78, 5) is 5.19. The highest BCUT2D eigenvalue weighted by molar-refractivity contribution is 7.05. The molecule has 0 spiro atoms. The van der Waals surface area contributed by atoms with Crippen LogP contribution in [0.25, 0.3) is 0 Å². The van der Waals surface area contributed by atoms with Gasteiger partial charge in [-0.2, -0.15) is 0 Å². The fourth-order valence-electron chi connectivity index (χ4n) is 2.18. The Hall–Kier alpha value is -1.27. The average molecular weight is 294 g/mol. The first-order valence-corrected chi connectivity index (χ1v) is 7.71. The Labute approximate surface area is 123 Å². The number of aliphatic hydroxyl groups excluding tert-OH is 1. The Bertz CT molecular complexity index is 556. The first kappa shape index (κ1) is 15.1. The van der Waals surface area contributed by atoms with Crippen molar-refractivity contribution in [3.05, 3.63) is 28.8 Å². The number of aliphatic hydroxyl groups is 1. The molecular formula is C14H22N4OS. The molecule has 0 bridgehead atoms. The van der Waals surface area contributed by atoms with Crippen LogP contribution in [0.5, 0.6) is 0 Å². The number of hydrogen-bond acceptors (Lipinski definition) is 5. The Balaban J connectivity index is 2.18. The van der Waals surface area contributed by atoms with E-state index in [0.29, 0.717) is 6.42 Å². The zero-order valence-corrected chi connectivity index (χ0v) is 13.3. The van der Waals surface area contributed by atoms with E-state index in [0.717, 1.165) is 29.4 Å². The maximum atomic E-state index is 10.5. The van der Waals surface area contributed by atoms with Crippen LogP contribution in [-0.4, -0.2) is 24.2 Å². The van der Waals surface area contributed by atoms with E-state index in [1.165, 1.54) is 11.5 Å². The van der Waals surface area contributed by atoms with Crippen LogP contribution in [0.15, 0.2) is 12.4 Å². The molecule has 6 heteroatoms. The van der Waals surface area contributed by atoms with Crippen molar-refractivity contribution < 1.29 is 5.11 Å². The van der Waals surface area contributed by atoms with Crippen LogP contribution in [0.4, 0.5) is 0 Å². The summed E-state index contributed by atoms with van der Waals surface area (Å²) in [6.45, 7) is 9.30. The minimum Gasteiger partial charge on any atom is -0.387 e. The fourth-order valence-corrected chi connectivity index (χ4v) is 3.03. The molecule has 1 atom stereocenters. The average Bonchev–Trinajstić information content (AvgIpc) is 2.98. The Morgan fingerprint density at radius 2 is 2.15 bits per heavy atom. The normalized spacial score (nSPS) is 13.7. The zero-order valence-electron chi connectivity index (χ0n) is 12.5. The van der Waals surface area contributed by atoms with Crippen LogP contribution in [0.1, 0.15) is 56.6 Å². The summed E-state index contributed by atoms with van der Waals surface area (Å²) in [5, 5.41) is 14.7. The van der Waals surface area contributed by atoms with Gasteiger partial charge < -0.3 is 9.67 Å². The van der Waals surface area contributed by atoms with Gasteiger partial charge >= 0.3 is 0 Å². The minimum atomic E-state index is -0.595. The van der Waals surface area contributed by atoms with E-state index in [1.54, 1.807) is 6.20 Å². The van der Waals surface area contributed by atoms with Gasteiger partial charge in [-0.1, -0.05) is 32.2 Å². The Morgan fingerprint density at radius 3 is 2.80 bits per heavy atom. The minimum absolute atomic E-state index is 0.109. The predicted molar refractivity (Wildman–Crippen MR) is 79.8 cm³/mol. The third kappa shape index (κ3) is 3.24. The lowest BCUT2D eigenvalue weighted by Gasteiger charge is -2.19. The highest BCUT2D eigenvalue weighted by atomic mass is 32.1. The van der Waals surface area contributed by atoms with Crippen LogP contribution in [0, 0.1) is 0 Å². The zero-order chi connectivity index (χ0) is 14.8. The molecule has 2 heterocycles. The van der Waals surface area contributed by atoms with Crippen molar-refractivity contribution in [1.29, 1.82) is 0 Å². The van der Waals surface area contributed by atoms with E-state index in [2.05, 4.69) is 46.8 Å². The lowest BCUT2D eigenvalue weighted by atomic mass is 9.90. The lowest BCUT2D eigenvalue weighted by Crippen LogP contribution is -2.17. The number of aryl methyl sites for hydroxylation is 1. The summed E-state index contributed by atoms with van der Waals surface area (Å²) in [7, 11) is 0. The van der Waals surface area contributed by atoms with E-state index in [-0.39, 0.29) is 5.41 Å².